The molecule has 6 heteroatoms. The third-order valence-corrected chi connectivity index (χ3v) is 2.36. The minimum atomic E-state index is -0.132. The fourth-order valence-electron chi connectivity index (χ4n) is 1.38. The summed E-state index contributed by atoms with van der Waals surface area (Å²) < 4.78 is 5.05. The van der Waals surface area contributed by atoms with E-state index >= 15 is 0 Å². The van der Waals surface area contributed by atoms with E-state index in [1.54, 1.807) is 7.05 Å². The molecule has 0 aromatic rings. The molecule has 0 atom stereocenters. The first-order chi connectivity index (χ1) is 8.11. The predicted octanol–water partition coefficient (Wildman–Crippen LogP) is 1.66. The Balaban J connectivity index is 0.00000289. The number of hydrogen-bond acceptors (Lipinski definition) is 3. The maximum absolute atomic E-state index is 11.3. The molecule has 1 aliphatic rings. The minimum Gasteiger partial charge on any atom is -0.463 e. The molecule has 0 radical (unpaired) electrons. The molecular formula is C12H24IN3O2. The van der Waals surface area contributed by atoms with E-state index in [0.29, 0.717) is 12.5 Å². The van der Waals surface area contributed by atoms with Gasteiger partial charge in [0.05, 0.1) is 6.10 Å². The van der Waals surface area contributed by atoms with Crippen LogP contribution in [0, 0.1) is 0 Å². The van der Waals surface area contributed by atoms with Gasteiger partial charge in [-0.1, -0.05) is 0 Å². The highest BCUT2D eigenvalue weighted by Gasteiger charge is 2.21. The molecule has 0 unspecified atom stereocenters. The summed E-state index contributed by atoms with van der Waals surface area (Å²) in [5.74, 6) is 0.691. The lowest BCUT2D eigenvalue weighted by Crippen LogP contribution is -2.39. The first kappa shape index (κ1) is 17.5. The lowest BCUT2D eigenvalue weighted by Gasteiger charge is -2.11. The highest BCUT2D eigenvalue weighted by molar-refractivity contribution is 14.0. The zero-order chi connectivity index (χ0) is 12.7. The van der Waals surface area contributed by atoms with Crippen molar-refractivity contribution in [1.29, 1.82) is 0 Å². The molecule has 1 fully saturated rings. The van der Waals surface area contributed by atoms with Gasteiger partial charge in [-0.15, -0.1) is 24.0 Å². The molecule has 5 nitrogen and oxygen atoms in total. The number of rotatable bonds is 6. The summed E-state index contributed by atoms with van der Waals surface area (Å²) in [6.45, 7) is 4.45. The van der Waals surface area contributed by atoms with E-state index in [-0.39, 0.29) is 36.0 Å². The second-order valence-corrected chi connectivity index (χ2v) is 4.56. The van der Waals surface area contributed by atoms with Gasteiger partial charge in [0.25, 0.3) is 0 Å². The molecule has 1 rings (SSSR count). The van der Waals surface area contributed by atoms with Crippen LogP contribution in [0.1, 0.15) is 39.5 Å². The van der Waals surface area contributed by atoms with Gasteiger partial charge < -0.3 is 15.4 Å². The van der Waals surface area contributed by atoms with Crippen molar-refractivity contribution in [1.82, 2.24) is 10.6 Å². The lowest BCUT2D eigenvalue weighted by molar-refractivity contribution is -0.147. The third-order valence-electron chi connectivity index (χ3n) is 2.36. The smallest absolute Gasteiger partial charge is 0.306 e. The summed E-state index contributed by atoms with van der Waals surface area (Å²) in [6.07, 6.45) is 3.63. The number of nitrogens with zero attached hydrogens (tertiary/aromatic N) is 1. The maximum Gasteiger partial charge on any atom is 0.306 e. The van der Waals surface area contributed by atoms with Crippen molar-refractivity contribution in [2.24, 2.45) is 4.99 Å². The van der Waals surface area contributed by atoms with Crippen LogP contribution in [0.3, 0.4) is 0 Å². The van der Waals surface area contributed by atoms with Crippen LogP contribution in [-0.4, -0.2) is 37.7 Å². The van der Waals surface area contributed by atoms with Gasteiger partial charge in [-0.3, -0.25) is 9.79 Å². The first-order valence-corrected chi connectivity index (χ1v) is 6.28. The number of esters is 1. The van der Waals surface area contributed by atoms with Gasteiger partial charge in [0.1, 0.15) is 0 Å². The summed E-state index contributed by atoms with van der Waals surface area (Å²) in [5, 5.41) is 6.46. The fourth-order valence-corrected chi connectivity index (χ4v) is 1.38. The van der Waals surface area contributed by atoms with E-state index in [0.717, 1.165) is 18.9 Å². The number of aliphatic imine (C=N–C) groups is 1. The molecule has 106 valence electrons. The Kier molecular flexibility index (Phi) is 9.13. The molecule has 2 N–H and O–H groups in total. The van der Waals surface area contributed by atoms with E-state index in [4.69, 9.17) is 4.74 Å². The molecule has 1 aliphatic carbocycles. The van der Waals surface area contributed by atoms with E-state index in [1.807, 2.05) is 13.8 Å². The summed E-state index contributed by atoms with van der Waals surface area (Å²) in [7, 11) is 1.75. The summed E-state index contributed by atoms with van der Waals surface area (Å²) in [5.41, 5.74) is 0. The maximum atomic E-state index is 11.3. The van der Waals surface area contributed by atoms with Crippen LogP contribution < -0.4 is 10.6 Å². The van der Waals surface area contributed by atoms with Crippen molar-refractivity contribution >= 4 is 35.9 Å². The van der Waals surface area contributed by atoms with Gasteiger partial charge in [0.15, 0.2) is 5.96 Å². The van der Waals surface area contributed by atoms with E-state index in [1.165, 1.54) is 12.8 Å². The van der Waals surface area contributed by atoms with E-state index < -0.39 is 0 Å². The molecule has 0 saturated heterocycles. The number of halogens is 1. The van der Waals surface area contributed by atoms with Crippen LogP contribution in [0.25, 0.3) is 0 Å². The van der Waals surface area contributed by atoms with Crippen molar-refractivity contribution in [3.63, 3.8) is 0 Å². The van der Waals surface area contributed by atoms with Gasteiger partial charge in [-0.05, 0) is 33.1 Å². The highest BCUT2D eigenvalue weighted by atomic mass is 127. The Morgan fingerprint density at radius 3 is 2.61 bits per heavy atom. The zero-order valence-corrected chi connectivity index (χ0v) is 13.7. The molecule has 1 saturated carbocycles. The third kappa shape index (κ3) is 8.54. The van der Waals surface area contributed by atoms with Crippen molar-refractivity contribution in [2.45, 2.75) is 51.7 Å². The number of nitrogens with one attached hydrogen (secondary N) is 2. The monoisotopic (exact) mass is 369 g/mol. The number of hydrogen-bond donors (Lipinski definition) is 2. The van der Waals surface area contributed by atoms with Gasteiger partial charge in [0, 0.05) is 26.1 Å². The van der Waals surface area contributed by atoms with Crippen LogP contribution in [0.4, 0.5) is 0 Å². The van der Waals surface area contributed by atoms with E-state index in [9.17, 15) is 4.79 Å². The molecular weight excluding hydrogens is 345 g/mol. The molecule has 18 heavy (non-hydrogen) atoms. The molecule has 0 aliphatic heterocycles. The Morgan fingerprint density at radius 1 is 1.44 bits per heavy atom. The quantitative estimate of drug-likeness (QED) is 0.246. The Bertz CT molecular complexity index is 278. The Labute approximate surface area is 126 Å². The number of carbonyl (C=O) groups is 1. The molecule has 0 heterocycles. The normalized spacial score (nSPS) is 15.0. The average Bonchev–Trinajstić information content (AvgIpc) is 3.05. The van der Waals surface area contributed by atoms with Gasteiger partial charge in [-0.2, -0.15) is 0 Å². The molecule has 0 bridgehead atoms. The highest BCUT2D eigenvalue weighted by Crippen LogP contribution is 2.18. The number of ether oxygens (including phenoxy) is 1. The molecule has 0 aromatic carbocycles. The molecule has 0 spiro atoms. The molecule has 0 amide bonds. The molecule has 0 aromatic heterocycles. The van der Waals surface area contributed by atoms with Crippen LogP contribution in [-0.2, 0) is 9.53 Å². The summed E-state index contributed by atoms with van der Waals surface area (Å²) >= 11 is 0. The summed E-state index contributed by atoms with van der Waals surface area (Å²) in [4.78, 5) is 15.4. The van der Waals surface area contributed by atoms with Crippen LogP contribution in [0.15, 0.2) is 4.99 Å². The van der Waals surface area contributed by atoms with Gasteiger partial charge in [0.2, 0.25) is 0 Å². The van der Waals surface area contributed by atoms with Crippen molar-refractivity contribution in [3.05, 3.63) is 0 Å². The first-order valence-electron chi connectivity index (χ1n) is 6.28. The number of carbonyl (C=O) groups excluding carboxylic acids is 1. The standard InChI is InChI=1S/C12H23N3O2.HI/c1-9(2)17-11(16)5-4-8-14-12(13-3)15-10-6-7-10;/h9-10H,4-8H2,1-3H3,(H2,13,14,15);1H. The Morgan fingerprint density at radius 2 is 2.11 bits per heavy atom. The SMILES string of the molecule is CN=C(NCCCC(=O)OC(C)C)NC1CC1.I. The zero-order valence-electron chi connectivity index (χ0n) is 11.4. The fraction of sp³-hybridized carbons (Fsp3) is 0.833. The van der Waals surface area contributed by atoms with Gasteiger partial charge >= 0.3 is 5.97 Å². The second-order valence-electron chi connectivity index (χ2n) is 4.56. The topological polar surface area (TPSA) is 62.7 Å². The Hall–Kier alpha value is -0.530. The second kappa shape index (κ2) is 9.41. The summed E-state index contributed by atoms with van der Waals surface area (Å²) in [6, 6.07) is 0.590. The number of guanidine groups is 1. The van der Waals surface area contributed by atoms with Crippen molar-refractivity contribution < 1.29 is 9.53 Å². The van der Waals surface area contributed by atoms with Crippen molar-refractivity contribution in [3.8, 4) is 0 Å². The minimum absolute atomic E-state index is 0. The van der Waals surface area contributed by atoms with Crippen LogP contribution >= 0.6 is 24.0 Å². The van der Waals surface area contributed by atoms with Crippen LogP contribution in [0.5, 0.6) is 0 Å². The van der Waals surface area contributed by atoms with Crippen LogP contribution in [0.2, 0.25) is 0 Å². The predicted molar refractivity (Wildman–Crippen MR) is 83.4 cm³/mol. The van der Waals surface area contributed by atoms with Crippen molar-refractivity contribution in [2.75, 3.05) is 13.6 Å². The lowest BCUT2D eigenvalue weighted by atomic mass is 10.3. The average molecular weight is 369 g/mol. The van der Waals surface area contributed by atoms with E-state index in [2.05, 4.69) is 15.6 Å². The largest absolute Gasteiger partial charge is 0.463 e. The van der Waals surface area contributed by atoms with Gasteiger partial charge in [-0.25, -0.2) is 0 Å².